The first kappa shape index (κ1) is 24.6. The van der Waals surface area contributed by atoms with Gasteiger partial charge in [-0.15, -0.1) is 0 Å². The molecule has 0 fully saturated rings. The van der Waals surface area contributed by atoms with E-state index < -0.39 is 7.60 Å². The summed E-state index contributed by atoms with van der Waals surface area (Å²) in [7, 11) is 0.312. The maximum absolute atomic E-state index is 12.7. The number of halogens is 2. The minimum Gasteiger partial charge on any atom is -0.496 e. The molecule has 1 heterocycles. The summed E-state index contributed by atoms with van der Waals surface area (Å²) < 4.78 is 38.7. The fourth-order valence-corrected chi connectivity index (χ4v) is 6.50. The Kier molecular flexibility index (Phi) is 8.50. The summed E-state index contributed by atoms with van der Waals surface area (Å²) in [5, 5.41) is 2.19. The van der Waals surface area contributed by atoms with Crippen LogP contribution in [0.3, 0.4) is 0 Å². The van der Waals surface area contributed by atoms with Gasteiger partial charge in [0, 0.05) is 17.3 Å². The van der Waals surface area contributed by atoms with Crippen molar-refractivity contribution in [3.05, 3.63) is 33.2 Å². The van der Waals surface area contributed by atoms with Crippen LogP contribution in [-0.2, 0) is 20.2 Å². The molecule has 9 heteroatoms. The van der Waals surface area contributed by atoms with Gasteiger partial charge >= 0.3 is 7.60 Å². The van der Waals surface area contributed by atoms with Crippen molar-refractivity contribution in [3.63, 3.8) is 0 Å². The molecule has 31 heavy (non-hydrogen) atoms. The molecule has 0 aliphatic heterocycles. The van der Waals surface area contributed by atoms with Gasteiger partial charge in [0.2, 0.25) is 0 Å². The highest BCUT2D eigenvalue weighted by molar-refractivity contribution is 9.11. The molecule has 0 aliphatic rings. The highest BCUT2D eigenvalue weighted by atomic mass is 79.9. The van der Waals surface area contributed by atoms with Crippen LogP contribution >= 0.6 is 39.5 Å². The van der Waals surface area contributed by atoms with Gasteiger partial charge in [0.05, 0.1) is 53.6 Å². The summed E-state index contributed by atoms with van der Waals surface area (Å²) in [4.78, 5) is 0. The lowest BCUT2D eigenvalue weighted by Gasteiger charge is -2.17. The number of rotatable bonds is 11. The van der Waals surface area contributed by atoms with E-state index in [1.54, 1.807) is 14.2 Å². The van der Waals surface area contributed by atoms with Gasteiger partial charge in [-0.25, -0.2) is 0 Å². The zero-order chi connectivity index (χ0) is 22.6. The summed E-state index contributed by atoms with van der Waals surface area (Å²) in [5.41, 5.74) is 2.20. The van der Waals surface area contributed by atoms with Crippen molar-refractivity contribution >= 4 is 61.3 Å². The quantitative estimate of drug-likeness (QED) is 0.176. The molecule has 6 nitrogen and oxygen atoms in total. The minimum atomic E-state index is -3.02. The normalized spacial score (nSPS) is 12.1. The summed E-state index contributed by atoms with van der Waals surface area (Å²) in [6.45, 7) is 5.21. The van der Waals surface area contributed by atoms with Crippen LogP contribution in [0.15, 0.2) is 33.2 Å². The average Bonchev–Trinajstić information content (AvgIpc) is 3.01. The Morgan fingerprint density at radius 1 is 0.839 bits per heavy atom. The van der Waals surface area contributed by atoms with Crippen molar-refractivity contribution in [2.45, 2.75) is 33.2 Å². The van der Waals surface area contributed by atoms with E-state index in [0.717, 1.165) is 61.6 Å². The van der Waals surface area contributed by atoms with Crippen molar-refractivity contribution in [1.29, 1.82) is 0 Å². The summed E-state index contributed by atoms with van der Waals surface area (Å²) in [5.74, 6) is 1.56. The lowest BCUT2D eigenvalue weighted by atomic mass is 10.1. The van der Waals surface area contributed by atoms with Gasteiger partial charge in [-0.2, -0.15) is 0 Å². The van der Waals surface area contributed by atoms with Crippen LogP contribution < -0.4 is 9.47 Å². The topological polar surface area (TPSA) is 58.9 Å². The molecule has 0 radical (unpaired) electrons. The van der Waals surface area contributed by atoms with Crippen LogP contribution in [0.1, 0.15) is 26.7 Å². The summed E-state index contributed by atoms with van der Waals surface area (Å²) in [6.07, 6.45) is 2.00. The lowest BCUT2D eigenvalue weighted by molar-refractivity contribution is 0.219. The molecule has 170 valence electrons. The number of ether oxygens (including phenoxy) is 2. The molecule has 3 rings (SSSR count). The van der Waals surface area contributed by atoms with Crippen molar-refractivity contribution in [2.24, 2.45) is 0 Å². The molecule has 0 bridgehead atoms. The first-order chi connectivity index (χ1) is 14.9. The molecule has 0 saturated heterocycles. The minimum absolute atomic E-state index is 0.385. The second-order valence-corrected chi connectivity index (χ2v) is 10.9. The summed E-state index contributed by atoms with van der Waals surface area (Å²) >= 11 is 7.22. The Morgan fingerprint density at radius 2 is 1.32 bits per heavy atom. The van der Waals surface area contributed by atoms with E-state index in [9.17, 15) is 4.57 Å². The van der Waals surface area contributed by atoms with Crippen LogP contribution in [0.25, 0.3) is 21.8 Å². The number of aromatic nitrogens is 1. The largest absolute Gasteiger partial charge is 0.496 e. The Hall–Kier alpha value is -1.05. The molecule has 3 aromatic rings. The van der Waals surface area contributed by atoms with Crippen molar-refractivity contribution in [1.82, 2.24) is 4.57 Å². The predicted molar refractivity (Wildman–Crippen MR) is 133 cm³/mol. The molecule has 1 aromatic heterocycles. The van der Waals surface area contributed by atoms with Crippen LogP contribution in [-0.4, -0.2) is 38.2 Å². The Balaban J connectivity index is 1.95. The highest BCUT2D eigenvalue weighted by Gasteiger charge is 2.23. The fourth-order valence-electron chi connectivity index (χ4n) is 3.78. The number of hydrogen-bond donors (Lipinski definition) is 0. The third kappa shape index (κ3) is 5.31. The number of fused-ring (bicyclic) bond motifs is 3. The molecule has 0 amide bonds. The van der Waals surface area contributed by atoms with E-state index in [-0.39, 0.29) is 0 Å². The van der Waals surface area contributed by atoms with Crippen LogP contribution in [0.2, 0.25) is 0 Å². The number of unbranched alkanes of at least 4 members (excludes halogenated alkanes) is 1. The van der Waals surface area contributed by atoms with Crippen LogP contribution in [0.5, 0.6) is 11.5 Å². The predicted octanol–water partition coefficient (Wildman–Crippen LogP) is 7.38. The molecule has 0 unspecified atom stereocenters. The number of methoxy groups -OCH3 is 2. The standard InChI is InChI=1S/C22H28Br2NO5P/c1-5-29-31(26,30-6-2)10-8-7-9-25-19-13-17(23)21(27-3)11-15(19)16-12-22(28-4)18(24)14-20(16)25/h11-14H,5-10H2,1-4H3. The fraction of sp³-hybridized carbons (Fsp3) is 0.455. The molecule has 0 spiro atoms. The molecule has 0 N–H and O–H groups in total. The first-order valence-electron chi connectivity index (χ1n) is 10.3. The SMILES string of the molecule is CCOP(=O)(CCCCn1c2cc(Br)c(OC)cc2c2cc(OC)c(Br)cc21)OCC. The third-order valence-corrected chi connectivity index (χ3v) is 8.53. The van der Waals surface area contributed by atoms with Gasteiger partial charge < -0.3 is 23.1 Å². The van der Waals surface area contributed by atoms with Crippen LogP contribution in [0, 0.1) is 0 Å². The van der Waals surface area contributed by atoms with Crippen molar-refractivity contribution in [2.75, 3.05) is 33.6 Å². The Bertz CT molecular complexity index is 1040. The zero-order valence-corrected chi connectivity index (χ0v) is 22.3. The number of aryl methyl sites for hydroxylation is 1. The Labute approximate surface area is 200 Å². The molecular formula is C22H28Br2NO5P. The molecule has 0 atom stereocenters. The zero-order valence-electron chi connectivity index (χ0n) is 18.2. The number of hydrogen-bond acceptors (Lipinski definition) is 5. The molecule has 0 saturated carbocycles. The molecule has 0 aliphatic carbocycles. The van der Waals surface area contributed by atoms with E-state index >= 15 is 0 Å². The second-order valence-electron chi connectivity index (χ2n) is 7.04. The van der Waals surface area contributed by atoms with Crippen molar-refractivity contribution < 1.29 is 23.1 Å². The van der Waals surface area contributed by atoms with Gasteiger partial charge in [0.15, 0.2) is 0 Å². The average molecular weight is 577 g/mol. The maximum atomic E-state index is 12.7. The van der Waals surface area contributed by atoms with E-state index in [0.29, 0.717) is 19.4 Å². The van der Waals surface area contributed by atoms with Gasteiger partial charge in [-0.05, 0) is 82.8 Å². The molecular weight excluding hydrogens is 549 g/mol. The number of benzene rings is 2. The van der Waals surface area contributed by atoms with Gasteiger partial charge in [-0.3, -0.25) is 4.57 Å². The first-order valence-corrected chi connectivity index (χ1v) is 13.6. The highest BCUT2D eigenvalue weighted by Crippen LogP contribution is 2.49. The summed E-state index contributed by atoms with van der Waals surface area (Å²) in [6, 6.07) is 8.26. The maximum Gasteiger partial charge on any atom is 0.330 e. The van der Waals surface area contributed by atoms with Crippen molar-refractivity contribution in [3.8, 4) is 11.5 Å². The lowest BCUT2D eigenvalue weighted by Crippen LogP contribution is -2.03. The monoisotopic (exact) mass is 575 g/mol. The van der Waals surface area contributed by atoms with Gasteiger partial charge in [-0.1, -0.05) is 0 Å². The van der Waals surface area contributed by atoms with Crippen LogP contribution in [0.4, 0.5) is 0 Å². The Morgan fingerprint density at radius 3 is 1.74 bits per heavy atom. The second kappa shape index (κ2) is 10.7. The molecule has 2 aromatic carbocycles. The van der Waals surface area contributed by atoms with Gasteiger partial charge in [0.1, 0.15) is 11.5 Å². The van der Waals surface area contributed by atoms with E-state index in [2.05, 4.69) is 48.6 Å². The van der Waals surface area contributed by atoms with E-state index in [1.807, 2.05) is 26.0 Å². The third-order valence-electron chi connectivity index (χ3n) is 5.13. The van der Waals surface area contributed by atoms with E-state index in [4.69, 9.17) is 18.5 Å². The van der Waals surface area contributed by atoms with E-state index in [1.165, 1.54) is 0 Å². The smallest absolute Gasteiger partial charge is 0.330 e. The van der Waals surface area contributed by atoms with Gasteiger partial charge in [0.25, 0.3) is 0 Å². The number of nitrogens with zero attached hydrogens (tertiary/aromatic N) is 1.